The second kappa shape index (κ2) is 9.39. The second-order valence-electron chi connectivity index (χ2n) is 6.41. The van der Waals surface area contributed by atoms with E-state index in [-0.39, 0.29) is 4.90 Å². The Kier molecular flexibility index (Phi) is 6.89. The van der Waals surface area contributed by atoms with Crippen LogP contribution < -0.4 is 15.4 Å². The van der Waals surface area contributed by atoms with Crippen molar-refractivity contribution in [3.8, 4) is 0 Å². The van der Waals surface area contributed by atoms with Crippen LogP contribution in [0.25, 0.3) is 0 Å². The maximum Gasteiger partial charge on any atom is 0.263 e. The zero-order valence-electron chi connectivity index (χ0n) is 15.6. The van der Waals surface area contributed by atoms with Crippen molar-refractivity contribution in [2.75, 3.05) is 10.0 Å². The van der Waals surface area contributed by atoms with Gasteiger partial charge in [-0.25, -0.2) is 8.42 Å². The minimum Gasteiger partial charge on any atom is -0.358 e. The highest BCUT2D eigenvalue weighted by atomic mass is 79.9. The predicted molar refractivity (Wildman–Crippen MR) is 126 cm³/mol. The Hall–Kier alpha value is -2.42. The van der Waals surface area contributed by atoms with Crippen molar-refractivity contribution >= 4 is 54.7 Å². The third kappa shape index (κ3) is 6.03. The monoisotopic (exact) mass is 489 g/mol. The summed E-state index contributed by atoms with van der Waals surface area (Å²) in [6.45, 7) is 2.38. The van der Waals surface area contributed by atoms with E-state index in [1.54, 1.807) is 36.4 Å². The molecule has 0 aromatic heterocycles. The number of halogens is 1. The molecule has 3 aromatic carbocycles. The average Bonchev–Trinajstić information content (AvgIpc) is 2.70. The van der Waals surface area contributed by atoms with Crippen LogP contribution in [0.2, 0.25) is 0 Å². The van der Waals surface area contributed by atoms with Crippen molar-refractivity contribution in [3.63, 3.8) is 0 Å². The molecule has 3 rings (SSSR count). The van der Waals surface area contributed by atoms with E-state index in [9.17, 15) is 8.42 Å². The number of aryl methyl sites for hydroxylation is 1. The van der Waals surface area contributed by atoms with Crippen LogP contribution in [0.15, 0.2) is 82.2 Å². The summed E-state index contributed by atoms with van der Waals surface area (Å²) in [5.41, 5.74) is 2.79. The van der Waals surface area contributed by atoms with Gasteiger partial charge in [-0.05, 0) is 66.7 Å². The maximum atomic E-state index is 13.0. The van der Waals surface area contributed by atoms with Crippen LogP contribution in [-0.2, 0) is 16.6 Å². The number of hydrogen-bond donors (Lipinski definition) is 3. The molecular weight excluding hydrogens is 470 g/mol. The molecule has 0 aliphatic rings. The molecule has 0 aliphatic heterocycles. The fourth-order valence-corrected chi connectivity index (χ4v) is 4.38. The van der Waals surface area contributed by atoms with Crippen LogP contribution in [0.3, 0.4) is 0 Å². The van der Waals surface area contributed by atoms with Gasteiger partial charge in [0.15, 0.2) is 5.11 Å². The Morgan fingerprint density at radius 3 is 2.38 bits per heavy atom. The molecular formula is C21H20BrN3O2S2. The summed E-state index contributed by atoms with van der Waals surface area (Å²) in [6.07, 6.45) is 0. The fourth-order valence-electron chi connectivity index (χ4n) is 2.63. The lowest BCUT2D eigenvalue weighted by Crippen LogP contribution is -2.29. The topological polar surface area (TPSA) is 70.2 Å². The van der Waals surface area contributed by atoms with E-state index in [0.717, 1.165) is 15.6 Å². The van der Waals surface area contributed by atoms with E-state index >= 15 is 0 Å². The molecule has 29 heavy (non-hydrogen) atoms. The molecule has 3 N–H and O–H groups in total. The van der Waals surface area contributed by atoms with Crippen LogP contribution in [0.1, 0.15) is 11.1 Å². The van der Waals surface area contributed by atoms with Crippen molar-refractivity contribution in [3.05, 3.63) is 88.4 Å². The molecule has 0 heterocycles. The number of anilines is 2. The molecule has 0 atom stereocenters. The van der Waals surface area contributed by atoms with Crippen LogP contribution in [0.5, 0.6) is 0 Å². The number of rotatable bonds is 6. The summed E-state index contributed by atoms with van der Waals surface area (Å²) >= 11 is 8.69. The SMILES string of the molecule is Cc1ccc(NC(=S)NCc2ccccc2)c(S(=O)(=O)Nc2ccc(Br)cc2)c1. The maximum absolute atomic E-state index is 13.0. The van der Waals surface area contributed by atoms with Gasteiger partial charge in [-0.1, -0.05) is 52.3 Å². The minimum atomic E-state index is -3.81. The number of hydrogen-bond acceptors (Lipinski definition) is 3. The molecule has 0 saturated heterocycles. The molecule has 0 spiro atoms. The third-order valence-electron chi connectivity index (χ3n) is 4.07. The zero-order valence-corrected chi connectivity index (χ0v) is 18.9. The molecule has 0 fully saturated rings. The molecule has 0 radical (unpaired) electrons. The van der Waals surface area contributed by atoms with E-state index in [4.69, 9.17) is 12.2 Å². The van der Waals surface area contributed by atoms with E-state index in [2.05, 4.69) is 31.3 Å². The first-order valence-electron chi connectivity index (χ1n) is 8.81. The van der Waals surface area contributed by atoms with Gasteiger partial charge < -0.3 is 10.6 Å². The molecule has 5 nitrogen and oxygen atoms in total. The Balaban J connectivity index is 1.77. The Labute approximate surface area is 184 Å². The normalized spacial score (nSPS) is 11.0. The van der Waals surface area contributed by atoms with Gasteiger partial charge >= 0.3 is 0 Å². The smallest absolute Gasteiger partial charge is 0.263 e. The quantitative estimate of drug-likeness (QED) is 0.422. The van der Waals surface area contributed by atoms with Crippen LogP contribution in [-0.4, -0.2) is 13.5 Å². The van der Waals surface area contributed by atoms with Gasteiger partial charge in [-0.15, -0.1) is 0 Å². The van der Waals surface area contributed by atoms with Gasteiger partial charge in [0, 0.05) is 16.7 Å². The summed E-state index contributed by atoms with van der Waals surface area (Å²) in [5, 5.41) is 6.44. The van der Waals surface area contributed by atoms with Crippen LogP contribution >= 0.6 is 28.1 Å². The number of sulfonamides is 1. The first kappa shape index (κ1) is 21.3. The van der Waals surface area contributed by atoms with Crippen LogP contribution in [0.4, 0.5) is 11.4 Å². The molecule has 150 valence electrons. The molecule has 0 bridgehead atoms. The molecule has 0 saturated carbocycles. The van der Waals surface area contributed by atoms with E-state index in [1.807, 2.05) is 43.3 Å². The lowest BCUT2D eigenvalue weighted by atomic mass is 10.2. The summed E-state index contributed by atoms with van der Waals surface area (Å²) < 4.78 is 29.5. The van der Waals surface area contributed by atoms with Crippen molar-refractivity contribution < 1.29 is 8.42 Å². The van der Waals surface area contributed by atoms with E-state index in [1.165, 1.54) is 0 Å². The van der Waals surface area contributed by atoms with Gasteiger partial charge in [-0.2, -0.15) is 0 Å². The Morgan fingerprint density at radius 1 is 1.00 bits per heavy atom. The minimum absolute atomic E-state index is 0.129. The highest BCUT2D eigenvalue weighted by Crippen LogP contribution is 2.26. The number of thiocarbonyl (C=S) groups is 1. The van der Waals surface area contributed by atoms with E-state index in [0.29, 0.717) is 23.0 Å². The highest BCUT2D eigenvalue weighted by Gasteiger charge is 2.20. The highest BCUT2D eigenvalue weighted by molar-refractivity contribution is 9.10. The van der Waals surface area contributed by atoms with Crippen molar-refractivity contribution in [1.82, 2.24) is 5.32 Å². The summed E-state index contributed by atoms with van der Waals surface area (Å²) in [4.78, 5) is 0.129. The summed E-state index contributed by atoms with van der Waals surface area (Å²) in [5.74, 6) is 0. The second-order valence-corrected chi connectivity index (χ2v) is 9.38. The predicted octanol–water partition coefficient (Wildman–Crippen LogP) is 5.04. The van der Waals surface area contributed by atoms with Crippen LogP contribution in [0, 0.1) is 6.92 Å². The lowest BCUT2D eigenvalue weighted by molar-refractivity contribution is 0.601. The largest absolute Gasteiger partial charge is 0.358 e. The van der Waals surface area contributed by atoms with Gasteiger partial charge in [-0.3, -0.25) is 4.72 Å². The van der Waals surface area contributed by atoms with Crippen molar-refractivity contribution in [2.24, 2.45) is 0 Å². The van der Waals surface area contributed by atoms with E-state index < -0.39 is 10.0 Å². The molecule has 0 aliphatic carbocycles. The number of benzene rings is 3. The molecule has 8 heteroatoms. The summed E-state index contributed by atoms with van der Waals surface area (Å²) in [6, 6.07) is 21.9. The molecule has 3 aromatic rings. The first-order chi connectivity index (χ1) is 13.8. The first-order valence-corrected chi connectivity index (χ1v) is 11.5. The fraction of sp³-hybridized carbons (Fsp3) is 0.0952. The van der Waals surface area contributed by atoms with Gasteiger partial charge in [0.25, 0.3) is 10.0 Å². The molecule has 0 unspecified atom stereocenters. The lowest BCUT2D eigenvalue weighted by Gasteiger charge is -2.16. The van der Waals surface area contributed by atoms with Gasteiger partial charge in [0.2, 0.25) is 0 Å². The zero-order chi connectivity index (χ0) is 20.9. The van der Waals surface area contributed by atoms with Crippen molar-refractivity contribution in [1.29, 1.82) is 0 Å². The van der Waals surface area contributed by atoms with Gasteiger partial charge in [0.1, 0.15) is 4.90 Å². The van der Waals surface area contributed by atoms with Gasteiger partial charge in [0.05, 0.1) is 5.69 Å². The Bertz CT molecular complexity index is 1100. The molecule has 0 amide bonds. The standard InChI is InChI=1S/C21H20BrN3O2S2/c1-15-7-12-19(24-21(28)23-14-16-5-3-2-4-6-16)20(13-15)29(26,27)25-18-10-8-17(22)9-11-18/h2-13,25H,14H2,1H3,(H2,23,24,28). The number of nitrogens with one attached hydrogen (secondary N) is 3. The third-order valence-corrected chi connectivity index (χ3v) is 6.26. The average molecular weight is 490 g/mol. The Morgan fingerprint density at radius 2 is 1.69 bits per heavy atom. The summed E-state index contributed by atoms with van der Waals surface area (Å²) in [7, 11) is -3.81. The van der Waals surface area contributed by atoms with Crippen molar-refractivity contribution in [2.45, 2.75) is 18.4 Å².